The van der Waals surface area contributed by atoms with E-state index in [0.29, 0.717) is 12.0 Å². The van der Waals surface area contributed by atoms with Crippen LogP contribution in [0.2, 0.25) is 0 Å². The van der Waals surface area contributed by atoms with Crippen molar-refractivity contribution >= 4 is 15.9 Å². The second-order valence-electron chi connectivity index (χ2n) is 7.32. The van der Waals surface area contributed by atoms with Crippen LogP contribution < -0.4 is 0 Å². The Morgan fingerprint density at radius 2 is 1.46 bits per heavy atom. The number of rotatable bonds is 4. The maximum absolute atomic E-state index is 13.5. The first-order chi connectivity index (χ1) is 13.4. The molecule has 1 aliphatic rings. The summed E-state index contributed by atoms with van der Waals surface area (Å²) in [5, 5.41) is 0. The highest BCUT2D eigenvalue weighted by Gasteiger charge is 2.52. The molecule has 0 aliphatic carbocycles. The van der Waals surface area contributed by atoms with Crippen molar-refractivity contribution < 1.29 is 13.2 Å². The lowest BCUT2D eigenvalue weighted by Crippen LogP contribution is -2.46. The van der Waals surface area contributed by atoms with E-state index in [2.05, 4.69) is 0 Å². The van der Waals surface area contributed by atoms with Crippen LogP contribution in [0.1, 0.15) is 34.0 Å². The van der Waals surface area contributed by atoms with Crippen LogP contribution in [-0.2, 0) is 22.0 Å². The van der Waals surface area contributed by atoms with E-state index in [9.17, 15) is 13.2 Å². The number of hydrogen-bond acceptors (Lipinski definition) is 3. The summed E-state index contributed by atoms with van der Waals surface area (Å²) in [5.41, 5.74) is 1.99. The molecule has 0 radical (unpaired) electrons. The maximum atomic E-state index is 13.5. The molecule has 0 fully saturated rings. The molecular formula is C23H21NO3S. The zero-order valence-electron chi connectivity index (χ0n) is 15.8. The van der Waals surface area contributed by atoms with Crippen LogP contribution in [0.25, 0.3) is 0 Å². The molecular weight excluding hydrogens is 370 g/mol. The van der Waals surface area contributed by atoms with Crippen LogP contribution in [0.4, 0.5) is 0 Å². The molecule has 1 amide bonds. The Balaban J connectivity index is 1.94. The van der Waals surface area contributed by atoms with Gasteiger partial charge in [0.05, 0.1) is 10.4 Å². The van der Waals surface area contributed by atoms with Crippen LogP contribution in [0.5, 0.6) is 0 Å². The van der Waals surface area contributed by atoms with Crippen molar-refractivity contribution in [2.75, 3.05) is 0 Å². The summed E-state index contributed by atoms with van der Waals surface area (Å²) in [5.74, 6) is -0.463. The highest BCUT2D eigenvalue weighted by atomic mass is 32.2. The van der Waals surface area contributed by atoms with Crippen LogP contribution in [-0.4, -0.2) is 18.6 Å². The van der Waals surface area contributed by atoms with E-state index in [0.717, 1.165) is 21.0 Å². The SMILES string of the molecule is Cc1cccc2c1C(=O)N(S(=O)(=O)c1ccccc1)C2(C)Cc1ccccc1. The number of amides is 1. The van der Waals surface area contributed by atoms with Gasteiger partial charge in [-0.05, 0) is 42.7 Å². The lowest BCUT2D eigenvalue weighted by molar-refractivity contribution is 0.0788. The molecule has 0 bridgehead atoms. The van der Waals surface area contributed by atoms with Gasteiger partial charge in [0, 0.05) is 12.0 Å². The number of hydrogen-bond donors (Lipinski definition) is 0. The van der Waals surface area contributed by atoms with Gasteiger partial charge in [-0.25, -0.2) is 12.7 Å². The van der Waals surface area contributed by atoms with E-state index < -0.39 is 21.5 Å². The van der Waals surface area contributed by atoms with Gasteiger partial charge in [-0.2, -0.15) is 0 Å². The number of aryl methyl sites for hydroxylation is 1. The van der Waals surface area contributed by atoms with Crippen LogP contribution in [0.15, 0.2) is 83.8 Å². The average molecular weight is 391 g/mol. The van der Waals surface area contributed by atoms with E-state index in [1.54, 1.807) is 18.2 Å². The average Bonchev–Trinajstić information content (AvgIpc) is 2.91. The first kappa shape index (κ1) is 18.4. The molecule has 1 aliphatic heterocycles. The summed E-state index contributed by atoms with van der Waals surface area (Å²) in [7, 11) is -4.02. The van der Waals surface area contributed by atoms with Gasteiger partial charge in [0.15, 0.2) is 0 Å². The molecule has 0 aromatic heterocycles. The molecule has 5 heteroatoms. The molecule has 142 valence electrons. The minimum absolute atomic E-state index is 0.119. The molecule has 1 atom stereocenters. The molecule has 0 spiro atoms. The second-order valence-corrected chi connectivity index (χ2v) is 9.11. The Labute approximate surface area is 165 Å². The largest absolute Gasteiger partial charge is 0.269 e. The lowest BCUT2D eigenvalue weighted by atomic mass is 9.85. The lowest BCUT2D eigenvalue weighted by Gasteiger charge is -2.35. The Kier molecular flexibility index (Phi) is 4.35. The van der Waals surface area contributed by atoms with E-state index in [1.165, 1.54) is 12.1 Å². The van der Waals surface area contributed by atoms with Crippen molar-refractivity contribution in [3.8, 4) is 0 Å². The number of nitrogens with zero attached hydrogens (tertiary/aromatic N) is 1. The van der Waals surface area contributed by atoms with Gasteiger partial charge < -0.3 is 0 Å². The number of carbonyl (C=O) groups excluding carboxylic acids is 1. The summed E-state index contributed by atoms with van der Waals surface area (Å²) >= 11 is 0. The molecule has 0 N–H and O–H groups in total. The fourth-order valence-corrected chi connectivity index (χ4v) is 5.78. The molecule has 0 saturated heterocycles. The molecule has 4 nitrogen and oxygen atoms in total. The predicted octanol–water partition coefficient (Wildman–Crippen LogP) is 4.30. The number of benzene rings is 3. The third-order valence-electron chi connectivity index (χ3n) is 5.37. The fourth-order valence-electron chi connectivity index (χ4n) is 4.07. The quantitative estimate of drug-likeness (QED) is 0.666. The summed E-state index contributed by atoms with van der Waals surface area (Å²) in [6.07, 6.45) is 0.405. The Morgan fingerprint density at radius 3 is 2.11 bits per heavy atom. The summed E-state index contributed by atoms with van der Waals surface area (Å²) in [6, 6.07) is 23.4. The van der Waals surface area contributed by atoms with Crippen molar-refractivity contribution in [3.05, 3.63) is 101 Å². The minimum Gasteiger partial charge on any atom is -0.268 e. The van der Waals surface area contributed by atoms with Crippen LogP contribution in [0.3, 0.4) is 0 Å². The van der Waals surface area contributed by atoms with Crippen molar-refractivity contribution in [1.82, 2.24) is 4.31 Å². The number of sulfonamides is 1. The van der Waals surface area contributed by atoms with Gasteiger partial charge >= 0.3 is 0 Å². The normalized spacial score (nSPS) is 18.9. The summed E-state index contributed by atoms with van der Waals surface area (Å²) in [4.78, 5) is 13.5. The topological polar surface area (TPSA) is 54.5 Å². The van der Waals surface area contributed by atoms with Crippen molar-refractivity contribution in [2.45, 2.75) is 30.7 Å². The highest BCUT2D eigenvalue weighted by molar-refractivity contribution is 7.89. The van der Waals surface area contributed by atoms with E-state index in [-0.39, 0.29) is 4.90 Å². The minimum atomic E-state index is -4.02. The van der Waals surface area contributed by atoms with Gasteiger partial charge in [-0.1, -0.05) is 66.7 Å². The van der Waals surface area contributed by atoms with Gasteiger partial charge in [-0.3, -0.25) is 4.79 Å². The smallest absolute Gasteiger partial charge is 0.268 e. The summed E-state index contributed by atoms with van der Waals surface area (Å²) in [6.45, 7) is 3.68. The Hall–Kier alpha value is -2.92. The molecule has 28 heavy (non-hydrogen) atoms. The van der Waals surface area contributed by atoms with Gasteiger partial charge in [-0.15, -0.1) is 0 Å². The van der Waals surface area contributed by atoms with Crippen molar-refractivity contribution in [3.63, 3.8) is 0 Å². The predicted molar refractivity (Wildman–Crippen MR) is 108 cm³/mol. The third kappa shape index (κ3) is 2.74. The van der Waals surface area contributed by atoms with E-state index in [1.807, 2.05) is 62.4 Å². The van der Waals surface area contributed by atoms with Crippen molar-refractivity contribution in [2.24, 2.45) is 0 Å². The van der Waals surface area contributed by atoms with Crippen LogP contribution >= 0.6 is 0 Å². The fraction of sp³-hybridized carbons (Fsp3) is 0.174. The van der Waals surface area contributed by atoms with Crippen LogP contribution in [0, 0.1) is 6.92 Å². The number of carbonyl (C=O) groups is 1. The first-order valence-corrected chi connectivity index (χ1v) is 10.6. The van der Waals surface area contributed by atoms with Gasteiger partial charge in [0.1, 0.15) is 0 Å². The number of fused-ring (bicyclic) bond motifs is 1. The molecule has 1 heterocycles. The standard InChI is InChI=1S/C23H21NO3S/c1-17-10-9-15-20-21(17)22(25)24(28(26,27)19-13-7-4-8-14-19)23(20,2)16-18-11-5-3-6-12-18/h3-15H,16H2,1-2H3. The van der Waals surface area contributed by atoms with E-state index >= 15 is 0 Å². The van der Waals surface area contributed by atoms with Gasteiger partial charge in [0.25, 0.3) is 15.9 Å². The Morgan fingerprint density at radius 1 is 0.857 bits per heavy atom. The highest BCUT2D eigenvalue weighted by Crippen LogP contribution is 2.45. The Bertz CT molecular complexity index is 1140. The molecule has 3 aromatic rings. The summed E-state index contributed by atoms with van der Waals surface area (Å²) < 4.78 is 28.2. The molecule has 3 aromatic carbocycles. The van der Waals surface area contributed by atoms with E-state index in [4.69, 9.17) is 0 Å². The third-order valence-corrected chi connectivity index (χ3v) is 7.29. The zero-order chi connectivity index (χ0) is 19.9. The maximum Gasteiger partial charge on any atom is 0.269 e. The van der Waals surface area contributed by atoms with Gasteiger partial charge in [0.2, 0.25) is 0 Å². The molecule has 0 saturated carbocycles. The first-order valence-electron chi connectivity index (χ1n) is 9.14. The van der Waals surface area contributed by atoms with Crippen molar-refractivity contribution in [1.29, 1.82) is 0 Å². The molecule has 4 rings (SSSR count). The monoisotopic (exact) mass is 391 g/mol. The zero-order valence-corrected chi connectivity index (χ0v) is 16.6. The molecule has 1 unspecified atom stereocenters. The second kappa shape index (κ2) is 6.60.